The van der Waals surface area contributed by atoms with Gasteiger partial charge in [0.25, 0.3) is 0 Å². The predicted molar refractivity (Wildman–Crippen MR) is 46.3 cm³/mol. The van der Waals surface area contributed by atoms with Crippen molar-refractivity contribution in [3.05, 3.63) is 32.9 Å². The van der Waals surface area contributed by atoms with Crippen LogP contribution in [0, 0.1) is 16.0 Å². The zero-order valence-corrected chi connectivity index (χ0v) is 7.73. The first kappa shape index (κ1) is 10.7. The number of nitrogens with zero attached hydrogens (tertiary/aromatic N) is 1. The molecule has 2 atom stereocenters. The molecule has 14 heavy (non-hydrogen) atoms. The largest absolute Gasteiger partial charge is 0.768 e. The van der Waals surface area contributed by atoms with E-state index >= 15 is 0 Å². The Bertz CT molecular complexity index is 359. The molecule has 0 spiro atoms. The van der Waals surface area contributed by atoms with Crippen molar-refractivity contribution in [3.63, 3.8) is 0 Å². The Labute approximate surface area is 81.7 Å². The van der Waals surface area contributed by atoms with Gasteiger partial charge in [-0.3, -0.25) is 14.3 Å². The molecule has 0 amide bonds. The molecule has 0 heterocycles. The van der Waals surface area contributed by atoms with Gasteiger partial charge in [-0.25, -0.2) is 0 Å². The van der Waals surface area contributed by atoms with Gasteiger partial charge < -0.3 is 9.35 Å². The van der Waals surface area contributed by atoms with Crippen molar-refractivity contribution >= 4 is 17.4 Å². The summed E-state index contributed by atoms with van der Waals surface area (Å²) in [5.41, 5.74) is -0.260. The average Bonchev–Trinajstić information content (AvgIpc) is 2.16. The number of allylic oxidation sites excluding steroid dienone is 3. The maximum atomic E-state index is 10.5. The Balaban J connectivity index is 3.03. The molecule has 1 aliphatic carbocycles. The van der Waals surface area contributed by atoms with Gasteiger partial charge in [-0.1, -0.05) is 6.08 Å². The zero-order chi connectivity index (χ0) is 10.7. The molecule has 0 radical (unpaired) electrons. The fourth-order valence-electron chi connectivity index (χ4n) is 1.10. The smallest absolute Gasteiger partial charge is 0.248 e. The summed E-state index contributed by atoms with van der Waals surface area (Å²) in [6.07, 6.45) is 2.59. The van der Waals surface area contributed by atoms with Gasteiger partial charge >= 0.3 is 0 Å². The molecule has 0 aromatic rings. The van der Waals surface area contributed by atoms with Crippen LogP contribution in [0.25, 0.3) is 0 Å². The van der Waals surface area contributed by atoms with E-state index in [0.29, 0.717) is 6.29 Å². The summed E-state index contributed by atoms with van der Waals surface area (Å²) >= 11 is -2.54. The van der Waals surface area contributed by atoms with Gasteiger partial charge in [0, 0.05) is 16.9 Å². The van der Waals surface area contributed by atoms with Gasteiger partial charge in [-0.15, -0.1) is 0 Å². The summed E-state index contributed by atoms with van der Waals surface area (Å²) in [7, 11) is 0. The quantitative estimate of drug-likeness (QED) is 0.289. The molecule has 1 rings (SSSR count). The molecule has 0 fully saturated rings. The maximum Gasteiger partial charge on any atom is 0.248 e. The number of carbonyl (C=O) groups is 1. The zero-order valence-electron chi connectivity index (χ0n) is 6.91. The van der Waals surface area contributed by atoms with E-state index < -0.39 is 21.9 Å². The van der Waals surface area contributed by atoms with Crippen LogP contribution < -0.4 is 0 Å². The number of rotatable bonds is 3. The summed E-state index contributed by atoms with van der Waals surface area (Å²) in [6.45, 7) is 0. The van der Waals surface area contributed by atoms with Crippen LogP contribution in [-0.2, 0) is 15.9 Å². The molecule has 2 unspecified atom stereocenters. The van der Waals surface area contributed by atoms with Gasteiger partial charge in [0.05, 0.1) is 11.3 Å². The number of carbonyl (C=O) groups excluding carboxylic acids is 1. The van der Waals surface area contributed by atoms with Crippen molar-refractivity contribution in [2.24, 2.45) is 5.92 Å². The summed E-state index contributed by atoms with van der Waals surface area (Å²) in [4.78, 5) is 19.9. The van der Waals surface area contributed by atoms with Crippen LogP contribution in [-0.4, -0.2) is 20.0 Å². The van der Waals surface area contributed by atoms with Crippen molar-refractivity contribution in [3.8, 4) is 0 Å². The molecule has 7 heteroatoms. The van der Waals surface area contributed by atoms with Crippen LogP contribution in [0.2, 0.25) is 0 Å². The van der Waals surface area contributed by atoms with E-state index in [1.165, 1.54) is 6.08 Å². The Morgan fingerprint density at radius 2 is 2.29 bits per heavy atom. The summed E-state index contributed by atoms with van der Waals surface area (Å²) < 4.78 is 21.1. The lowest BCUT2D eigenvalue weighted by Gasteiger charge is -2.14. The summed E-state index contributed by atoms with van der Waals surface area (Å²) in [6, 6.07) is 0. The van der Waals surface area contributed by atoms with E-state index in [9.17, 15) is 23.7 Å². The highest BCUT2D eigenvalue weighted by molar-refractivity contribution is 7.83. The monoisotopic (exact) mass is 216 g/mol. The van der Waals surface area contributed by atoms with Crippen LogP contribution >= 0.6 is 0 Å². The van der Waals surface area contributed by atoms with Crippen molar-refractivity contribution in [1.82, 2.24) is 0 Å². The second-order valence-corrected chi connectivity index (χ2v) is 3.64. The minimum atomic E-state index is -2.54. The third kappa shape index (κ3) is 2.33. The van der Waals surface area contributed by atoms with E-state index in [-0.39, 0.29) is 17.0 Å². The Hall–Kier alpha value is -1.34. The van der Waals surface area contributed by atoms with Gasteiger partial charge in [0.2, 0.25) is 5.70 Å². The first-order chi connectivity index (χ1) is 6.54. The standard InChI is InChI=1S/C7H7NO5S/c9-4-5-1-6(8(10)11)3-7(2-5)14(12)13/h2-5H,1H2,(H,12,13)/p-1. The third-order valence-corrected chi connectivity index (χ3v) is 2.37. The molecule has 0 N–H and O–H groups in total. The fraction of sp³-hybridized carbons (Fsp3) is 0.286. The van der Waals surface area contributed by atoms with Crippen molar-refractivity contribution < 1.29 is 18.5 Å². The van der Waals surface area contributed by atoms with Crippen LogP contribution in [0.1, 0.15) is 6.42 Å². The van der Waals surface area contributed by atoms with Gasteiger partial charge in [-0.05, 0) is 11.1 Å². The number of aldehydes is 1. The molecule has 6 nitrogen and oxygen atoms in total. The van der Waals surface area contributed by atoms with E-state index in [1.54, 1.807) is 0 Å². The second kappa shape index (κ2) is 4.25. The Morgan fingerprint density at radius 3 is 2.71 bits per heavy atom. The van der Waals surface area contributed by atoms with Crippen molar-refractivity contribution in [2.45, 2.75) is 6.42 Å². The number of hydrogen-bond donors (Lipinski definition) is 0. The minimum Gasteiger partial charge on any atom is -0.768 e. The topological polar surface area (TPSA) is 100 Å². The van der Waals surface area contributed by atoms with E-state index in [1.807, 2.05) is 0 Å². The highest BCUT2D eigenvalue weighted by atomic mass is 32.2. The molecular formula is C7H6NO5S-. The molecule has 0 saturated heterocycles. The van der Waals surface area contributed by atoms with Crippen LogP contribution in [0.15, 0.2) is 22.8 Å². The first-order valence-electron chi connectivity index (χ1n) is 3.66. The van der Waals surface area contributed by atoms with Gasteiger partial charge in [-0.2, -0.15) is 0 Å². The molecule has 0 aliphatic heterocycles. The third-order valence-electron chi connectivity index (χ3n) is 1.73. The van der Waals surface area contributed by atoms with Crippen molar-refractivity contribution in [1.29, 1.82) is 0 Å². The second-order valence-electron chi connectivity index (χ2n) is 2.70. The average molecular weight is 216 g/mol. The lowest BCUT2D eigenvalue weighted by atomic mass is 10.0. The lowest BCUT2D eigenvalue weighted by molar-refractivity contribution is -0.428. The first-order valence-corrected chi connectivity index (χ1v) is 4.73. The maximum absolute atomic E-state index is 10.5. The van der Waals surface area contributed by atoms with Crippen LogP contribution in [0.4, 0.5) is 0 Å². The van der Waals surface area contributed by atoms with E-state index in [0.717, 1.165) is 6.08 Å². The normalized spacial score (nSPS) is 23.4. The molecule has 0 bridgehead atoms. The van der Waals surface area contributed by atoms with Crippen molar-refractivity contribution in [2.75, 3.05) is 0 Å². The SMILES string of the molecule is O=CC1C=C(S(=O)[O-])C=C([N+](=O)[O-])C1. The molecular weight excluding hydrogens is 210 g/mol. The van der Waals surface area contributed by atoms with Crippen LogP contribution in [0.5, 0.6) is 0 Å². The summed E-state index contributed by atoms with van der Waals surface area (Å²) in [5, 5.41) is 10.4. The van der Waals surface area contributed by atoms with E-state index in [4.69, 9.17) is 0 Å². The highest BCUT2D eigenvalue weighted by Crippen LogP contribution is 2.22. The molecule has 0 aromatic heterocycles. The molecule has 0 aromatic carbocycles. The van der Waals surface area contributed by atoms with Gasteiger partial charge in [0.1, 0.15) is 6.29 Å². The van der Waals surface area contributed by atoms with E-state index in [2.05, 4.69) is 0 Å². The highest BCUT2D eigenvalue weighted by Gasteiger charge is 2.22. The molecule has 0 saturated carbocycles. The number of nitro groups is 1. The predicted octanol–water partition coefficient (Wildman–Crippen LogP) is 0.129. The Morgan fingerprint density at radius 1 is 1.64 bits per heavy atom. The lowest BCUT2D eigenvalue weighted by Crippen LogP contribution is -2.13. The van der Waals surface area contributed by atoms with Crippen LogP contribution in [0.3, 0.4) is 0 Å². The van der Waals surface area contributed by atoms with Gasteiger partial charge in [0.15, 0.2) is 0 Å². The summed E-state index contributed by atoms with van der Waals surface area (Å²) in [5.74, 6) is -0.728. The minimum absolute atomic E-state index is 0.0583. The molecule has 1 aliphatic rings. The molecule has 76 valence electrons. The number of hydrogen-bond acceptors (Lipinski definition) is 5. The Kier molecular flexibility index (Phi) is 3.26. The fourth-order valence-corrected chi connectivity index (χ4v) is 1.62.